The third kappa shape index (κ3) is 4.62. The van der Waals surface area contributed by atoms with Crippen molar-refractivity contribution in [1.29, 1.82) is 0 Å². The van der Waals surface area contributed by atoms with Crippen molar-refractivity contribution in [3.05, 3.63) is 39.9 Å². The first-order valence-corrected chi connectivity index (χ1v) is 6.40. The molecule has 1 aromatic carbocycles. The number of ketones is 1. The SMILES string of the molecule is CN[C@@H](CC(=O)c1ccc([N+](=O)[O-])cc1)C(Cl)(Cl)Cl. The van der Waals surface area contributed by atoms with Crippen molar-refractivity contribution < 1.29 is 9.72 Å². The van der Waals surface area contributed by atoms with Gasteiger partial charge in [0.15, 0.2) is 5.78 Å². The van der Waals surface area contributed by atoms with Gasteiger partial charge in [0.25, 0.3) is 5.69 Å². The number of carbonyl (C=O) groups excluding carboxylic acids is 1. The van der Waals surface area contributed by atoms with Crippen molar-refractivity contribution in [1.82, 2.24) is 5.32 Å². The van der Waals surface area contributed by atoms with Crippen LogP contribution in [0.4, 0.5) is 5.69 Å². The Hall–Kier alpha value is -0.880. The molecular formula is C11H11Cl3N2O3. The van der Waals surface area contributed by atoms with Gasteiger partial charge in [-0.3, -0.25) is 14.9 Å². The Morgan fingerprint density at radius 1 is 1.37 bits per heavy atom. The lowest BCUT2D eigenvalue weighted by Gasteiger charge is -2.23. The second-order valence-electron chi connectivity index (χ2n) is 3.81. The molecule has 0 heterocycles. The Bertz CT molecular complexity index is 471. The van der Waals surface area contributed by atoms with Crippen molar-refractivity contribution in [2.75, 3.05) is 7.05 Å². The van der Waals surface area contributed by atoms with Crippen LogP contribution in [0.25, 0.3) is 0 Å². The van der Waals surface area contributed by atoms with Crippen LogP contribution in [0.15, 0.2) is 24.3 Å². The molecule has 0 amide bonds. The van der Waals surface area contributed by atoms with Gasteiger partial charge < -0.3 is 5.32 Å². The number of halogens is 3. The first kappa shape index (κ1) is 16.2. The van der Waals surface area contributed by atoms with E-state index in [4.69, 9.17) is 34.8 Å². The Kier molecular flexibility index (Phi) is 5.55. The molecule has 0 saturated carbocycles. The molecule has 1 N–H and O–H groups in total. The topological polar surface area (TPSA) is 72.2 Å². The molecule has 1 aromatic rings. The van der Waals surface area contributed by atoms with Gasteiger partial charge in [-0.05, 0) is 19.2 Å². The van der Waals surface area contributed by atoms with E-state index in [9.17, 15) is 14.9 Å². The molecule has 0 unspecified atom stereocenters. The lowest BCUT2D eigenvalue weighted by atomic mass is 10.0. The quantitative estimate of drug-likeness (QED) is 0.391. The van der Waals surface area contributed by atoms with E-state index in [-0.39, 0.29) is 17.9 Å². The minimum atomic E-state index is -1.61. The highest BCUT2D eigenvalue weighted by molar-refractivity contribution is 6.68. The number of rotatable bonds is 5. The van der Waals surface area contributed by atoms with Crippen LogP contribution in [0.2, 0.25) is 0 Å². The second kappa shape index (κ2) is 6.52. The molecule has 0 aromatic heterocycles. The van der Waals surface area contributed by atoms with Crippen LogP contribution in [0.3, 0.4) is 0 Å². The smallest absolute Gasteiger partial charge is 0.269 e. The maximum Gasteiger partial charge on any atom is 0.269 e. The molecule has 0 bridgehead atoms. The van der Waals surface area contributed by atoms with Crippen LogP contribution in [0.5, 0.6) is 0 Å². The van der Waals surface area contributed by atoms with Crippen LogP contribution in [-0.2, 0) is 0 Å². The Balaban J connectivity index is 2.80. The highest BCUT2D eigenvalue weighted by Crippen LogP contribution is 2.32. The van der Waals surface area contributed by atoms with Crippen LogP contribution in [0, 0.1) is 10.1 Å². The van der Waals surface area contributed by atoms with Crippen molar-refractivity contribution in [2.45, 2.75) is 16.3 Å². The van der Waals surface area contributed by atoms with Gasteiger partial charge in [-0.15, -0.1) is 0 Å². The minimum absolute atomic E-state index is 0.0230. The van der Waals surface area contributed by atoms with Gasteiger partial charge in [-0.25, -0.2) is 0 Å². The molecule has 1 atom stereocenters. The van der Waals surface area contributed by atoms with Gasteiger partial charge in [-0.2, -0.15) is 0 Å². The molecule has 104 valence electrons. The monoisotopic (exact) mass is 324 g/mol. The van der Waals surface area contributed by atoms with Gasteiger partial charge >= 0.3 is 0 Å². The van der Waals surface area contributed by atoms with Crippen LogP contribution in [0.1, 0.15) is 16.8 Å². The summed E-state index contributed by atoms with van der Waals surface area (Å²) in [6.45, 7) is 0. The molecule has 1 rings (SSSR count). The molecule has 0 spiro atoms. The predicted octanol–water partition coefficient (Wildman–Crippen LogP) is 3.13. The number of Topliss-reactive ketones (excluding diaryl/α,β-unsaturated/α-hetero) is 1. The summed E-state index contributed by atoms with van der Waals surface area (Å²) in [4.78, 5) is 21.9. The fourth-order valence-electron chi connectivity index (χ4n) is 1.45. The number of hydrogen-bond acceptors (Lipinski definition) is 4. The lowest BCUT2D eigenvalue weighted by molar-refractivity contribution is -0.384. The zero-order valence-electron chi connectivity index (χ0n) is 9.90. The summed E-state index contributed by atoms with van der Waals surface area (Å²) in [6.07, 6.45) is -0.0230. The molecule has 0 radical (unpaired) electrons. The van der Waals surface area contributed by atoms with E-state index in [1.54, 1.807) is 7.05 Å². The second-order valence-corrected chi connectivity index (χ2v) is 6.18. The number of alkyl halides is 3. The Morgan fingerprint density at radius 3 is 2.26 bits per heavy atom. The van der Waals surface area contributed by atoms with E-state index < -0.39 is 14.8 Å². The summed E-state index contributed by atoms with van der Waals surface area (Å²) >= 11 is 17.2. The van der Waals surface area contributed by atoms with Crippen molar-refractivity contribution in [3.8, 4) is 0 Å². The van der Waals surface area contributed by atoms with Gasteiger partial charge in [-0.1, -0.05) is 34.8 Å². The van der Waals surface area contributed by atoms with E-state index in [1.165, 1.54) is 24.3 Å². The highest BCUT2D eigenvalue weighted by atomic mass is 35.6. The van der Waals surface area contributed by atoms with E-state index in [0.717, 1.165) is 0 Å². The third-order valence-electron chi connectivity index (χ3n) is 2.53. The predicted molar refractivity (Wildman–Crippen MR) is 75.2 cm³/mol. The number of benzene rings is 1. The maximum absolute atomic E-state index is 12.0. The Morgan fingerprint density at radius 2 is 1.89 bits per heavy atom. The molecule has 8 heteroatoms. The maximum atomic E-state index is 12.0. The van der Waals surface area contributed by atoms with E-state index in [2.05, 4.69) is 5.32 Å². The van der Waals surface area contributed by atoms with E-state index >= 15 is 0 Å². The molecule has 0 saturated heterocycles. The molecule has 0 aliphatic rings. The molecule has 0 fully saturated rings. The average Bonchev–Trinajstić information content (AvgIpc) is 2.34. The first-order valence-electron chi connectivity index (χ1n) is 5.27. The van der Waals surface area contributed by atoms with Crippen LogP contribution < -0.4 is 5.32 Å². The van der Waals surface area contributed by atoms with E-state index in [1.807, 2.05) is 0 Å². The van der Waals surface area contributed by atoms with Crippen LogP contribution >= 0.6 is 34.8 Å². The van der Waals surface area contributed by atoms with Crippen molar-refractivity contribution >= 4 is 46.3 Å². The normalized spacial score (nSPS) is 13.1. The number of hydrogen-bond donors (Lipinski definition) is 1. The third-order valence-corrected chi connectivity index (χ3v) is 3.32. The molecule has 0 aliphatic heterocycles. The molecule has 5 nitrogen and oxygen atoms in total. The molecular weight excluding hydrogens is 314 g/mol. The van der Waals surface area contributed by atoms with E-state index in [0.29, 0.717) is 5.56 Å². The lowest BCUT2D eigenvalue weighted by Crippen LogP contribution is -2.39. The summed E-state index contributed by atoms with van der Waals surface area (Å²) < 4.78 is -1.61. The van der Waals surface area contributed by atoms with Gasteiger partial charge in [0.2, 0.25) is 3.79 Å². The average molecular weight is 326 g/mol. The van der Waals surface area contributed by atoms with Crippen LogP contribution in [-0.4, -0.2) is 27.6 Å². The van der Waals surface area contributed by atoms with Crippen molar-refractivity contribution in [3.63, 3.8) is 0 Å². The summed E-state index contributed by atoms with van der Waals surface area (Å²) in [6, 6.07) is 4.64. The van der Waals surface area contributed by atoms with Gasteiger partial charge in [0.05, 0.1) is 11.0 Å². The first-order chi connectivity index (χ1) is 8.75. The summed E-state index contributed by atoms with van der Waals surface area (Å²) in [5.41, 5.74) is 0.253. The van der Waals surface area contributed by atoms with Crippen molar-refractivity contribution in [2.24, 2.45) is 0 Å². The zero-order chi connectivity index (χ0) is 14.6. The minimum Gasteiger partial charge on any atom is -0.313 e. The zero-order valence-corrected chi connectivity index (χ0v) is 12.2. The number of nitro groups is 1. The van der Waals surface area contributed by atoms with Gasteiger partial charge in [0, 0.05) is 24.1 Å². The van der Waals surface area contributed by atoms with Gasteiger partial charge in [0.1, 0.15) is 0 Å². The molecule has 19 heavy (non-hydrogen) atoms. The number of nitrogens with one attached hydrogen (secondary N) is 1. The number of non-ortho nitro benzene ring substituents is 1. The standard InChI is InChI=1S/C11H11Cl3N2O3/c1-15-10(11(12,13)14)6-9(17)7-2-4-8(5-3-7)16(18)19/h2-5,10,15H,6H2,1H3/t10-/m0/s1. The fourth-order valence-corrected chi connectivity index (χ4v) is 2.01. The largest absolute Gasteiger partial charge is 0.313 e. The fraction of sp³-hybridized carbons (Fsp3) is 0.364. The Labute approximate surface area is 125 Å². The number of nitrogens with zero attached hydrogens (tertiary/aromatic N) is 1. The number of nitro benzene ring substituents is 1. The highest BCUT2D eigenvalue weighted by Gasteiger charge is 2.33. The summed E-state index contributed by atoms with van der Waals surface area (Å²) in [5.74, 6) is -0.263. The molecule has 0 aliphatic carbocycles. The number of carbonyl (C=O) groups is 1. The summed E-state index contributed by atoms with van der Waals surface area (Å²) in [5, 5.41) is 13.2. The summed E-state index contributed by atoms with van der Waals surface area (Å²) in [7, 11) is 1.58.